The summed E-state index contributed by atoms with van der Waals surface area (Å²) in [7, 11) is -3.28. The van der Waals surface area contributed by atoms with Crippen molar-refractivity contribution >= 4 is 38.5 Å². The molecule has 0 aliphatic carbocycles. The van der Waals surface area contributed by atoms with Crippen molar-refractivity contribution in [3.05, 3.63) is 48.0 Å². The predicted molar refractivity (Wildman–Crippen MR) is 94.9 cm³/mol. The number of anilines is 2. The van der Waals surface area contributed by atoms with E-state index in [2.05, 4.69) is 15.3 Å². The summed E-state index contributed by atoms with van der Waals surface area (Å²) in [6.07, 6.45) is 1.16. The number of fused-ring (bicyclic) bond motifs is 1. The van der Waals surface area contributed by atoms with Crippen LogP contribution in [0.5, 0.6) is 0 Å². The zero-order chi connectivity index (χ0) is 18.0. The number of carbonyl (C=O) groups excluding carboxylic acids is 1. The molecule has 1 aromatic heterocycles. The second kappa shape index (κ2) is 6.56. The molecule has 2 N–H and O–H groups in total. The monoisotopic (exact) mass is 359 g/mol. The molecule has 0 radical (unpaired) electrons. The van der Waals surface area contributed by atoms with Gasteiger partial charge in [-0.1, -0.05) is 6.07 Å². The lowest BCUT2D eigenvalue weighted by atomic mass is 10.2. The van der Waals surface area contributed by atoms with Crippen LogP contribution in [0.25, 0.3) is 11.0 Å². The average Bonchev–Trinajstić information content (AvgIpc) is 2.95. The van der Waals surface area contributed by atoms with Crippen LogP contribution in [0.1, 0.15) is 17.3 Å². The number of carbonyl (C=O) groups is 1. The van der Waals surface area contributed by atoms with Crippen LogP contribution in [-0.4, -0.2) is 37.2 Å². The maximum absolute atomic E-state index is 11.8. The smallest absolute Gasteiger partial charge is 0.338 e. The number of sulfone groups is 1. The maximum atomic E-state index is 11.8. The third-order valence-electron chi connectivity index (χ3n) is 3.52. The number of H-pyrrole nitrogens is 1. The largest absolute Gasteiger partial charge is 0.462 e. The van der Waals surface area contributed by atoms with Crippen LogP contribution in [0.2, 0.25) is 0 Å². The van der Waals surface area contributed by atoms with Crippen LogP contribution >= 0.6 is 0 Å². The first-order chi connectivity index (χ1) is 11.9. The highest BCUT2D eigenvalue weighted by molar-refractivity contribution is 7.90. The Kier molecular flexibility index (Phi) is 4.45. The van der Waals surface area contributed by atoms with Gasteiger partial charge in [-0.3, -0.25) is 0 Å². The molecule has 25 heavy (non-hydrogen) atoms. The highest BCUT2D eigenvalue weighted by Crippen LogP contribution is 2.21. The molecule has 8 heteroatoms. The van der Waals surface area contributed by atoms with Gasteiger partial charge in [0.2, 0.25) is 5.95 Å². The molecule has 0 aliphatic rings. The van der Waals surface area contributed by atoms with E-state index in [0.717, 1.165) is 6.26 Å². The van der Waals surface area contributed by atoms with Crippen LogP contribution in [0.4, 0.5) is 11.6 Å². The maximum Gasteiger partial charge on any atom is 0.338 e. The van der Waals surface area contributed by atoms with Gasteiger partial charge in [-0.25, -0.2) is 18.2 Å². The number of hydrogen-bond donors (Lipinski definition) is 2. The summed E-state index contributed by atoms with van der Waals surface area (Å²) in [6, 6.07) is 11.5. The Bertz CT molecular complexity index is 1040. The van der Waals surface area contributed by atoms with Crippen molar-refractivity contribution in [3.63, 3.8) is 0 Å². The summed E-state index contributed by atoms with van der Waals surface area (Å²) >= 11 is 0. The van der Waals surface area contributed by atoms with Crippen molar-refractivity contribution in [2.75, 3.05) is 18.2 Å². The van der Waals surface area contributed by atoms with E-state index in [-0.39, 0.29) is 4.90 Å². The van der Waals surface area contributed by atoms with Crippen LogP contribution in [-0.2, 0) is 14.6 Å². The lowest BCUT2D eigenvalue weighted by Gasteiger charge is -2.04. The quantitative estimate of drug-likeness (QED) is 0.679. The van der Waals surface area contributed by atoms with E-state index in [9.17, 15) is 13.2 Å². The standard InChI is InChI=1S/C17H17N3O4S/c1-3-24-16(21)11-7-8-14-15(9-11)20-17(19-14)18-12-5-4-6-13(10-12)25(2,22)23/h4-10H,3H2,1-2H3,(H2,18,19,20). The fourth-order valence-corrected chi connectivity index (χ4v) is 3.02. The van der Waals surface area contributed by atoms with Gasteiger partial charge in [0.15, 0.2) is 9.84 Å². The molecule has 0 spiro atoms. The van der Waals surface area contributed by atoms with Crippen LogP contribution in [0.3, 0.4) is 0 Å². The number of esters is 1. The Morgan fingerprint density at radius 1 is 1.24 bits per heavy atom. The minimum absolute atomic E-state index is 0.221. The molecule has 0 unspecified atom stereocenters. The van der Waals surface area contributed by atoms with Gasteiger partial charge in [0.25, 0.3) is 0 Å². The summed E-state index contributed by atoms with van der Waals surface area (Å²) in [6.45, 7) is 2.06. The number of aromatic nitrogens is 2. The number of ether oxygens (including phenoxy) is 1. The van der Waals surface area contributed by atoms with Crippen LogP contribution in [0.15, 0.2) is 47.4 Å². The van der Waals surface area contributed by atoms with Gasteiger partial charge in [-0.05, 0) is 43.3 Å². The summed E-state index contributed by atoms with van der Waals surface area (Å²) in [4.78, 5) is 19.4. The van der Waals surface area contributed by atoms with Gasteiger partial charge in [-0.15, -0.1) is 0 Å². The van der Waals surface area contributed by atoms with Gasteiger partial charge >= 0.3 is 5.97 Å². The van der Waals surface area contributed by atoms with Crippen molar-refractivity contribution in [3.8, 4) is 0 Å². The summed E-state index contributed by atoms with van der Waals surface area (Å²) < 4.78 is 28.3. The molecule has 0 saturated carbocycles. The average molecular weight is 359 g/mol. The highest BCUT2D eigenvalue weighted by Gasteiger charge is 2.11. The molecular weight excluding hydrogens is 342 g/mol. The molecule has 7 nitrogen and oxygen atoms in total. The first kappa shape index (κ1) is 17.0. The van der Waals surface area contributed by atoms with Gasteiger partial charge in [0.05, 0.1) is 28.1 Å². The van der Waals surface area contributed by atoms with Crippen molar-refractivity contribution in [2.45, 2.75) is 11.8 Å². The summed E-state index contributed by atoms with van der Waals surface area (Å²) in [5, 5.41) is 3.03. The Labute approximate surface area is 145 Å². The number of nitrogens with one attached hydrogen (secondary N) is 2. The van der Waals surface area contributed by atoms with E-state index >= 15 is 0 Å². The highest BCUT2D eigenvalue weighted by atomic mass is 32.2. The number of benzene rings is 2. The number of nitrogens with zero attached hydrogens (tertiary/aromatic N) is 1. The van der Waals surface area contributed by atoms with Crippen molar-refractivity contribution in [2.24, 2.45) is 0 Å². The zero-order valence-electron chi connectivity index (χ0n) is 13.7. The van der Waals surface area contributed by atoms with E-state index in [1.807, 2.05) is 0 Å². The van der Waals surface area contributed by atoms with E-state index in [1.165, 1.54) is 12.1 Å². The molecule has 2 aromatic carbocycles. The molecule has 0 saturated heterocycles. The van der Waals surface area contributed by atoms with Crippen molar-refractivity contribution < 1.29 is 17.9 Å². The SMILES string of the molecule is CCOC(=O)c1ccc2nc(Nc3cccc(S(C)(=O)=O)c3)[nH]c2c1. The lowest BCUT2D eigenvalue weighted by Crippen LogP contribution is -2.04. The topological polar surface area (TPSA) is 101 Å². The number of aromatic amines is 1. The molecule has 0 aliphatic heterocycles. The van der Waals surface area contributed by atoms with E-state index in [4.69, 9.17) is 4.74 Å². The molecule has 1 heterocycles. The molecule has 3 rings (SSSR count). The predicted octanol–water partition coefficient (Wildman–Crippen LogP) is 2.89. The Balaban J connectivity index is 1.89. The minimum Gasteiger partial charge on any atom is -0.462 e. The molecular formula is C17H17N3O4S. The van der Waals surface area contributed by atoms with Crippen LogP contribution < -0.4 is 5.32 Å². The van der Waals surface area contributed by atoms with E-state index < -0.39 is 15.8 Å². The van der Waals surface area contributed by atoms with Gasteiger partial charge in [0.1, 0.15) is 0 Å². The zero-order valence-corrected chi connectivity index (χ0v) is 14.6. The Hall–Kier alpha value is -2.87. The molecule has 3 aromatic rings. The van der Waals surface area contributed by atoms with Gasteiger partial charge in [-0.2, -0.15) is 0 Å². The number of imidazole rings is 1. The lowest BCUT2D eigenvalue weighted by molar-refractivity contribution is 0.0526. The normalized spacial score (nSPS) is 11.4. The molecule has 0 amide bonds. The second-order valence-corrected chi connectivity index (χ2v) is 7.48. The van der Waals surface area contributed by atoms with Crippen molar-refractivity contribution in [1.82, 2.24) is 9.97 Å². The van der Waals surface area contributed by atoms with Crippen LogP contribution in [0, 0.1) is 0 Å². The third-order valence-corrected chi connectivity index (χ3v) is 4.63. The molecule has 130 valence electrons. The first-order valence-electron chi connectivity index (χ1n) is 7.61. The fourth-order valence-electron chi connectivity index (χ4n) is 2.35. The minimum atomic E-state index is -3.28. The fraction of sp³-hybridized carbons (Fsp3) is 0.176. The van der Waals surface area contributed by atoms with Crippen molar-refractivity contribution in [1.29, 1.82) is 0 Å². The molecule has 0 fully saturated rings. The summed E-state index contributed by atoms with van der Waals surface area (Å²) in [5.41, 5.74) is 2.37. The van der Waals surface area contributed by atoms with Gasteiger partial charge in [0, 0.05) is 11.9 Å². The Morgan fingerprint density at radius 3 is 2.76 bits per heavy atom. The van der Waals surface area contributed by atoms with E-state index in [0.29, 0.717) is 34.8 Å². The molecule has 0 atom stereocenters. The number of hydrogen-bond acceptors (Lipinski definition) is 6. The first-order valence-corrected chi connectivity index (χ1v) is 9.50. The molecule has 0 bridgehead atoms. The third kappa shape index (κ3) is 3.80. The van der Waals surface area contributed by atoms with Gasteiger partial charge < -0.3 is 15.0 Å². The summed E-state index contributed by atoms with van der Waals surface area (Å²) in [5.74, 6) is 0.0519. The number of rotatable bonds is 5. The van der Waals surface area contributed by atoms with E-state index in [1.54, 1.807) is 37.3 Å². The Morgan fingerprint density at radius 2 is 2.04 bits per heavy atom. The second-order valence-electron chi connectivity index (χ2n) is 5.46.